The summed E-state index contributed by atoms with van der Waals surface area (Å²) in [6.07, 6.45) is 4.46. The number of carbonyl (C=O) groups is 2. The predicted molar refractivity (Wildman–Crippen MR) is 263 cm³/mol. The Bertz CT molecular complexity index is 1170. The lowest BCUT2D eigenvalue weighted by atomic mass is 10.0. The van der Waals surface area contributed by atoms with E-state index in [1.807, 2.05) is 19.9 Å². The van der Waals surface area contributed by atoms with Crippen LogP contribution in [-0.4, -0.2) is 55.4 Å². The van der Waals surface area contributed by atoms with Gasteiger partial charge in [0.2, 0.25) is 0 Å². The van der Waals surface area contributed by atoms with E-state index in [0.29, 0.717) is 31.0 Å². The van der Waals surface area contributed by atoms with Gasteiger partial charge in [-0.2, -0.15) is 0 Å². The molecule has 0 aliphatic heterocycles. The van der Waals surface area contributed by atoms with Gasteiger partial charge >= 0.3 is 11.9 Å². The molecule has 0 aromatic heterocycles. The van der Waals surface area contributed by atoms with E-state index in [1.165, 1.54) is 5.56 Å². The third kappa shape index (κ3) is 48.4. The van der Waals surface area contributed by atoms with Gasteiger partial charge in [0.1, 0.15) is 11.5 Å². The predicted octanol–water partition coefficient (Wildman–Crippen LogP) is 15.4. The van der Waals surface area contributed by atoms with Crippen molar-refractivity contribution in [3.8, 4) is 11.5 Å². The van der Waals surface area contributed by atoms with E-state index in [9.17, 15) is 9.59 Å². The van der Waals surface area contributed by atoms with Crippen LogP contribution in [0.2, 0.25) is 0 Å². The Hall–Kier alpha value is -3.88. The van der Waals surface area contributed by atoms with Crippen molar-refractivity contribution >= 4 is 11.9 Å². The van der Waals surface area contributed by atoms with Crippen molar-refractivity contribution in [2.75, 3.05) is 26.9 Å². The molecule has 2 N–H and O–H groups in total. The fraction of sp³-hybridized carbons (Fsp3) is 0.608. The summed E-state index contributed by atoms with van der Waals surface area (Å²) in [5, 5.41) is 18.2. The van der Waals surface area contributed by atoms with Crippen LogP contribution in [0.1, 0.15) is 171 Å². The van der Waals surface area contributed by atoms with Gasteiger partial charge in [-0.05, 0) is 98.2 Å². The molecule has 3 aromatic rings. The summed E-state index contributed by atoms with van der Waals surface area (Å²) in [6, 6.07) is 23.7. The van der Waals surface area contributed by atoms with Crippen LogP contribution in [0.5, 0.6) is 11.5 Å². The topological polar surface area (TPSA) is 112 Å². The van der Waals surface area contributed by atoms with Crippen molar-refractivity contribution in [2.24, 2.45) is 11.8 Å². The number of rotatable bonds is 16. The van der Waals surface area contributed by atoms with Crippen LogP contribution in [0.4, 0.5) is 0 Å². The molecule has 3 aromatic carbocycles. The Morgan fingerprint density at radius 2 is 0.881 bits per heavy atom. The highest BCUT2D eigenvalue weighted by atomic mass is 16.7. The standard InChI is InChI=1S/2C14H20O3.C9H12.C5H12O2.9CH4/c2*1-11(2)4-3-9-17-14(16)10-12-5-7-13(15)8-6-12;1-8(2)9-6-4-3-5-7-9;1-4-7-5(2)6-3;;;;;;;;;/h2*5-8,11,15H,3-4,9-10H2,1-2H3;3-8H,1-2H3;5H,4H2,1-3H3;9*1H4. The molecule has 8 nitrogen and oxygen atoms in total. The van der Waals surface area contributed by atoms with Crippen LogP contribution in [0.3, 0.4) is 0 Å². The summed E-state index contributed by atoms with van der Waals surface area (Å²) < 4.78 is 20.0. The molecule has 0 bridgehead atoms. The summed E-state index contributed by atoms with van der Waals surface area (Å²) >= 11 is 0. The Kier molecular flexibility index (Phi) is 67.6. The maximum Gasteiger partial charge on any atom is 0.310 e. The van der Waals surface area contributed by atoms with Gasteiger partial charge in [0.15, 0.2) is 6.29 Å². The first kappa shape index (κ1) is 79.3. The Morgan fingerprint density at radius 3 is 1.12 bits per heavy atom. The van der Waals surface area contributed by atoms with Crippen LogP contribution >= 0.6 is 0 Å². The van der Waals surface area contributed by atoms with Crippen LogP contribution in [0.25, 0.3) is 0 Å². The Morgan fingerprint density at radius 1 is 0.542 bits per heavy atom. The molecule has 0 aliphatic carbocycles. The normalized spacial score (nSPS) is 9.29. The molecule has 0 aliphatic rings. The third-order valence-corrected chi connectivity index (χ3v) is 7.15. The fourth-order valence-electron chi connectivity index (χ4n) is 4.16. The highest BCUT2D eigenvalue weighted by Gasteiger charge is 2.06. The number of phenolic OH excluding ortho intramolecular Hbond substituents is 2. The number of benzene rings is 3. The minimum Gasteiger partial charge on any atom is -0.508 e. The van der Waals surface area contributed by atoms with Crippen molar-refractivity contribution in [3.05, 3.63) is 95.6 Å². The fourth-order valence-corrected chi connectivity index (χ4v) is 4.16. The molecule has 1 atom stereocenters. The van der Waals surface area contributed by atoms with Gasteiger partial charge in [-0.1, -0.05) is 163 Å². The smallest absolute Gasteiger partial charge is 0.310 e. The van der Waals surface area contributed by atoms with Crippen LogP contribution in [-0.2, 0) is 41.4 Å². The first-order valence-corrected chi connectivity index (χ1v) is 17.8. The molecule has 3 rings (SSSR count). The molecule has 0 heterocycles. The van der Waals surface area contributed by atoms with E-state index in [1.54, 1.807) is 55.6 Å². The van der Waals surface area contributed by atoms with Crippen LogP contribution in [0.15, 0.2) is 78.9 Å². The number of carbonyl (C=O) groups excluding carboxylic acids is 2. The summed E-state index contributed by atoms with van der Waals surface area (Å²) in [6.45, 7) is 18.5. The molecule has 1 unspecified atom stereocenters. The SMILES string of the molecule is C.C.C.C.C.C.C.C.C.CC(C)CCCOC(=O)Cc1ccc(O)cc1.CC(C)CCCOC(=O)Cc1ccc(O)cc1.CC(C)c1ccccc1.CCOC(C)OC. The Labute approximate surface area is 368 Å². The van der Waals surface area contributed by atoms with E-state index < -0.39 is 0 Å². The second-order valence-corrected chi connectivity index (χ2v) is 13.0. The number of phenols is 2. The van der Waals surface area contributed by atoms with Gasteiger partial charge < -0.3 is 29.2 Å². The van der Waals surface area contributed by atoms with Gasteiger partial charge in [0.25, 0.3) is 0 Å². The highest BCUT2D eigenvalue weighted by molar-refractivity contribution is 5.73. The van der Waals surface area contributed by atoms with Gasteiger partial charge in [-0.3, -0.25) is 9.59 Å². The molecule has 0 amide bonds. The van der Waals surface area contributed by atoms with Crippen molar-refractivity contribution in [3.63, 3.8) is 0 Å². The van der Waals surface area contributed by atoms with E-state index in [0.717, 1.165) is 43.4 Å². The highest BCUT2D eigenvalue weighted by Crippen LogP contribution is 2.13. The quantitative estimate of drug-likeness (QED) is 0.0833. The lowest BCUT2D eigenvalue weighted by molar-refractivity contribution is -0.143. The maximum absolute atomic E-state index is 11.5. The minimum absolute atomic E-state index is 0. The molecule has 8 heteroatoms. The van der Waals surface area contributed by atoms with Crippen LogP contribution in [0, 0.1) is 11.8 Å². The first-order valence-electron chi connectivity index (χ1n) is 17.8. The molecule has 0 radical (unpaired) electrons. The number of ether oxygens (including phenoxy) is 4. The zero-order valence-electron chi connectivity index (χ0n) is 32.0. The van der Waals surface area contributed by atoms with Crippen molar-refractivity contribution in [1.29, 1.82) is 0 Å². The molecule has 59 heavy (non-hydrogen) atoms. The number of esters is 2. The molecular weight excluding hydrogens is 741 g/mol. The molecule has 0 fully saturated rings. The van der Waals surface area contributed by atoms with Crippen molar-refractivity contribution in [2.45, 2.75) is 173 Å². The monoisotopic (exact) mass is 841 g/mol. The van der Waals surface area contributed by atoms with E-state index in [4.69, 9.17) is 29.2 Å². The average Bonchev–Trinajstić information content (AvgIpc) is 3.08. The molecule has 0 spiro atoms. The number of methoxy groups -OCH3 is 1. The molecule has 352 valence electrons. The summed E-state index contributed by atoms with van der Waals surface area (Å²) in [4.78, 5) is 22.9. The van der Waals surface area contributed by atoms with Gasteiger partial charge in [-0.25, -0.2) is 0 Å². The minimum atomic E-state index is -0.209. The zero-order valence-corrected chi connectivity index (χ0v) is 32.0. The second-order valence-electron chi connectivity index (χ2n) is 13.0. The lowest BCUT2D eigenvalue weighted by Gasteiger charge is -2.06. The average molecular weight is 841 g/mol. The van der Waals surface area contributed by atoms with E-state index in [-0.39, 0.29) is 109 Å². The maximum atomic E-state index is 11.5. The van der Waals surface area contributed by atoms with E-state index in [2.05, 4.69) is 65.8 Å². The van der Waals surface area contributed by atoms with Gasteiger partial charge in [-0.15, -0.1) is 0 Å². The number of aromatic hydroxyl groups is 2. The van der Waals surface area contributed by atoms with Crippen molar-refractivity contribution < 1.29 is 38.7 Å². The van der Waals surface area contributed by atoms with Gasteiger partial charge in [0, 0.05) is 13.7 Å². The lowest BCUT2D eigenvalue weighted by Crippen LogP contribution is -2.09. The summed E-state index contributed by atoms with van der Waals surface area (Å²) in [5.74, 6) is 1.94. The Balaban J connectivity index is -0.0000000677. The number of hydrogen-bond acceptors (Lipinski definition) is 8. The van der Waals surface area contributed by atoms with Crippen molar-refractivity contribution in [1.82, 2.24) is 0 Å². The molecule has 0 saturated heterocycles. The second kappa shape index (κ2) is 50.3. The summed E-state index contributed by atoms with van der Waals surface area (Å²) in [7, 11) is 1.63. The molecular formula is C51H100O8. The van der Waals surface area contributed by atoms with Crippen LogP contribution < -0.4 is 0 Å². The van der Waals surface area contributed by atoms with Gasteiger partial charge in [0.05, 0.1) is 26.1 Å². The first-order chi connectivity index (χ1) is 23.8. The zero-order chi connectivity index (χ0) is 37.7. The summed E-state index contributed by atoms with van der Waals surface area (Å²) in [5.41, 5.74) is 3.13. The van der Waals surface area contributed by atoms with E-state index >= 15 is 0 Å². The third-order valence-electron chi connectivity index (χ3n) is 7.15. The largest absolute Gasteiger partial charge is 0.508 e. The molecule has 0 saturated carbocycles. The number of hydrogen-bond donors (Lipinski definition) is 2.